The van der Waals surface area contributed by atoms with Crippen LogP contribution in [0.15, 0.2) is 171 Å². The third-order valence-electron chi connectivity index (χ3n) is 10.1. The van der Waals surface area contributed by atoms with Gasteiger partial charge in [-0.25, -0.2) is 0 Å². The summed E-state index contributed by atoms with van der Waals surface area (Å²) in [5, 5.41) is 10.1. The summed E-state index contributed by atoms with van der Waals surface area (Å²) in [6.45, 7) is 0. The van der Waals surface area contributed by atoms with Crippen molar-refractivity contribution in [1.82, 2.24) is 0 Å². The van der Waals surface area contributed by atoms with Gasteiger partial charge in [0.15, 0.2) is 0 Å². The summed E-state index contributed by atoms with van der Waals surface area (Å²) >= 11 is 0. The first kappa shape index (κ1) is 26.5. The average Bonchev–Trinajstić information content (AvgIpc) is 3.85. The molecular weight excluding hydrogens is 601 g/mol. The van der Waals surface area contributed by atoms with Crippen molar-refractivity contribution in [1.29, 1.82) is 0 Å². The minimum absolute atomic E-state index is 0.820. The SMILES string of the molecule is c1ccc(-c2oc3c(ccc4oc5ccccc5c43)c2-c2c3ccccc3c(-c3ccc4oc5ccccc5c4c3)c3ccccc23)cc1. The van der Waals surface area contributed by atoms with Crippen molar-refractivity contribution in [2.45, 2.75) is 0 Å². The van der Waals surface area contributed by atoms with Crippen LogP contribution in [0.3, 0.4) is 0 Å². The van der Waals surface area contributed by atoms with E-state index in [-0.39, 0.29) is 0 Å². The highest BCUT2D eigenvalue weighted by Crippen LogP contribution is 2.51. The lowest BCUT2D eigenvalue weighted by molar-refractivity contribution is 0.634. The summed E-state index contributed by atoms with van der Waals surface area (Å²) in [5.41, 5.74) is 9.95. The Kier molecular flexibility index (Phi) is 5.38. The maximum atomic E-state index is 7.04. The molecule has 0 unspecified atom stereocenters. The summed E-state index contributed by atoms with van der Waals surface area (Å²) in [6.07, 6.45) is 0. The van der Waals surface area contributed by atoms with E-state index in [1.807, 2.05) is 30.3 Å². The molecular formula is C46H26O3. The van der Waals surface area contributed by atoms with Gasteiger partial charge in [0, 0.05) is 38.2 Å². The van der Waals surface area contributed by atoms with Gasteiger partial charge in [-0.2, -0.15) is 0 Å². The number of rotatable bonds is 3. The molecule has 3 nitrogen and oxygen atoms in total. The molecule has 3 aromatic heterocycles. The summed E-state index contributed by atoms with van der Waals surface area (Å²) in [6, 6.07) is 55.4. The zero-order chi connectivity index (χ0) is 32.1. The van der Waals surface area contributed by atoms with Crippen molar-refractivity contribution in [3.63, 3.8) is 0 Å². The number of furan rings is 3. The molecule has 0 saturated carbocycles. The molecule has 0 aliphatic heterocycles. The van der Waals surface area contributed by atoms with Crippen LogP contribution in [0.2, 0.25) is 0 Å². The Labute approximate surface area is 280 Å². The predicted octanol–water partition coefficient (Wildman–Crippen LogP) is 13.5. The van der Waals surface area contributed by atoms with Crippen LogP contribution in [0.5, 0.6) is 0 Å². The van der Waals surface area contributed by atoms with Crippen molar-refractivity contribution >= 4 is 76.4 Å². The molecule has 0 spiro atoms. The monoisotopic (exact) mass is 626 g/mol. The number of hydrogen-bond donors (Lipinski definition) is 0. The second kappa shape index (κ2) is 9.96. The van der Waals surface area contributed by atoms with E-state index in [0.717, 1.165) is 82.9 Å². The van der Waals surface area contributed by atoms with Gasteiger partial charge in [0.2, 0.25) is 0 Å². The molecule has 49 heavy (non-hydrogen) atoms. The summed E-state index contributed by atoms with van der Waals surface area (Å²) in [7, 11) is 0. The molecule has 0 aliphatic rings. The van der Waals surface area contributed by atoms with Gasteiger partial charge in [0.05, 0.1) is 5.39 Å². The van der Waals surface area contributed by atoms with Gasteiger partial charge >= 0.3 is 0 Å². The molecule has 0 bridgehead atoms. The minimum atomic E-state index is 0.820. The summed E-state index contributed by atoms with van der Waals surface area (Å²) in [4.78, 5) is 0. The minimum Gasteiger partial charge on any atom is -0.456 e. The molecule has 11 aromatic rings. The van der Waals surface area contributed by atoms with Crippen LogP contribution in [0, 0.1) is 0 Å². The van der Waals surface area contributed by atoms with Crippen molar-refractivity contribution in [2.75, 3.05) is 0 Å². The highest BCUT2D eigenvalue weighted by Gasteiger charge is 2.26. The fraction of sp³-hybridized carbons (Fsp3) is 0. The Balaban J connectivity index is 1.29. The molecule has 0 atom stereocenters. The van der Waals surface area contributed by atoms with Crippen LogP contribution in [0.25, 0.3) is 110 Å². The van der Waals surface area contributed by atoms with Gasteiger partial charge in [0.25, 0.3) is 0 Å². The Bertz CT molecular complexity index is 3040. The first-order valence-corrected chi connectivity index (χ1v) is 16.6. The molecule has 0 amide bonds. The molecule has 8 aromatic carbocycles. The number of hydrogen-bond acceptors (Lipinski definition) is 3. The Morgan fingerprint density at radius 3 is 1.53 bits per heavy atom. The fourth-order valence-corrected chi connectivity index (χ4v) is 7.99. The molecule has 0 radical (unpaired) electrons. The normalized spacial score (nSPS) is 12.1. The van der Waals surface area contributed by atoms with Crippen molar-refractivity contribution in [3.05, 3.63) is 158 Å². The second-order valence-corrected chi connectivity index (χ2v) is 12.7. The van der Waals surface area contributed by atoms with Crippen molar-refractivity contribution < 1.29 is 13.3 Å². The standard InChI is InChI=1S/C46H26O3/c1-2-12-27(13-3-1)45-44(35-23-25-40-43(46(35)49-45)34-19-9-11-21-38(34)48-40)42-32-17-6-4-15-30(32)41(31-16-5-7-18-33(31)42)28-22-24-39-36(26-28)29-14-8-10-20-37(29)47-39/h1-26H. The highest BCUT2D eigenvalue weighted by atomic mass is 16.3. The third-order valence-corrected chi connectivity index (χ3v) is 10.1. The van der Waals surface area contributed by atoms with E-state index in [9.17, 15) is 0 Å². The molecule has 3 heterocycles. The molecule has 3 heteroatoms. The van der Waals surface area contributed by atoms with Gasteiger partial charge in [-0.1, -0.05) is 121 Å². The molecule has 0 N–H and O–H groups in total. The zero-order valence-electron chi connectivity index (χ0n) is 26.2. The third kappa shape index (κ3) is 3.73. The molecule has 0 saturated heterocycles. The summed E-state index contributed by atoms with van der Waals surface area (Å²) in [5.74, 6) is 0.850. The summed E-state index contributed by atoms with van der Waals surface area (Å²) < 4.78 is 19.6. The van der Waals surface area contributed by atoms with E-state index < -0.39 is 0 Å². The predicted molar refractivity (Wildman–Crippen MR) is 202 cm³/mol. The lowest BCUT2D eigenvalue weighted by Gasteiger charge is -2.18. The van der Waals surface area contributed by atoms with E-state index in [1.54, 1.807) is 0 Å². The first-order chi connectivity index (χ1) is 24.3. The number of para-hydroxylation sites is 2. The molecule has 0 aliphatic carbocycles. The first-order valence-electron chi connectivity index (χ1n) is 16.6. The Morgan fingerprint density at radius 1 is 0.286 bits per heavy atom. The van der Waals surface area contributed by atoms with Gasteiger partial charge in [-0.15, -0.1) is 0 Å². The Hall–Kier alpha value is -6.58. The van der Waals surface area contributed by atoms with E-state index in [0.29, 0.717) is 0 Å². The van der Waals surface area contributed by atoms with Gasteiger partial charge < -0.3 is 13.3 Å². The van der Waals surface area contributed by atoms with Crippen LogP contribution >= 0.6 is 0 Å². The lowest BCUT2D eigenvalue weighted by atomic mass is 9.84. The zero-order valence-corrected chi connectivity index (χ0v) is 26.2. The average molecular weight is 627 g/mol. The van der Waals surface area contributed by atoms with Crippen LogP contribution in [-0.2, 0) is 0 Å². The maximum Gasteiger partial charge on any atom is 0.147 e. The van der Waals surface area contributed by atoms with Gasteiger partial charge in [0.1, 0.15) is 33.7 Å². The van der Waals surface area contributed by atoms with E-state index >= 15 is 0 Å². The lowest BCUT2D eigenvalue weighted by Crippen LogP contribution is -1.91. The largest absolute Gasteiger partial charge is 0.456 e. The number of benzene rings is 8. The quantitative estimate of drug-likeness (QED) is 0.183. The van der Waals surface area contributed by atoms with Crippen LogP contribution in [0.1, 0.15) is 0 Å². The Morgan fingerprint density at radius 2 is 0.816 bits per heavy atom. The number of fused-ring (bicyclic) bond motifs is 10. The van der Waals surface area contributed by atoms with E-state index in [4.69, 9.17) is 13.3 Å². The topological polar surface area (TPSA) is 39.4 Å². The second-order valence-electron chi connectivity index (χ2n) is 12.7. The van der Waals surface area contributed by atoms with E-state index in [1.165, 1.54) is 27.1 Å². The fourth-order valence-electron chi connectivity index (χ4n) is 7.99. The highest BCUT2D eigenvalue weighted by molar-refractivity contribution is 6.28. The molecule has 228 valence electrons. The molecule has 11 rings (SSSR count). The van der Waals surface area contributed by atoms with E-state index in [2.05, 4.69) is 127 Å². The van der Waals surface area contributed by atoms with Crippen molar-refractivity contribution in [3.8, 4) is 33.6 Å². The van der Waals surface area contributed by atoms with Crippen LogP contribution < -0.4 is 0 Å². The van der Waals surface area contributed by atoms with Crippen LogP contribution in [0.4, 0.5) is 0 Å². The maximum absolute atomic E-state index is 7.04. The molecule has 0 fully saturated rings. The van der Waals surface area contributed by atoms with Crippen LogP contribution in [-0.4, -0.2) is 0 Å². The van der Waals surface area contributed by atoms with Crippen molar-refractivity contribution in [2.24, 2.45) is 0 Å². The van der Waals surface area contributed by atoms with Gasteiger partial charge in [-0.3, -0.25) is 0 Å². The van der Waals surface area contributed by atoms with Gasteiger partial charge in [-0.05, 0) is 69.1 Å². The smallest absolute Gasteiger partial charge is 0.147 e.